The van der Waals surface area contributed by atoms with Crippen LogP contribution in [0.15, 0.2) is 24.3 Å². The largest absolute Gasteiger partial charge is 0.468 e. The predicted octanol–water partition coefficient (Wildman–Crippen LogP) is 1.78. The molecule has 0 saturated carbocycles. The molecule has 6 heteroatoms. The van der Waals surface area contributed by atoms with Gasteiger partial charge in [-0.3, -0.25) is 4.79 Å². The van der Waals surface area contributed by atoms with Crippen molar-refractivity contribution in [2.45, 2.75) is 19.4 Å². The number of hydrogen-bond donors (Lipinski definition) is 2. The van der Waals surface area contributed by atoms with E-state index in [4.69, 9.17) is 4.74 Å². The second-order valence-corrected chi connectivity index (χ2v) is 4.77. The fourth-order valence-corrected chi connectivity index (χ4v) is 2.59. The van der Waals surface area contributed by atoms with E-state index in [9.17, 15) is 14.7 Å². The third-order valence-electron chi connectivity index (χ3n) is 3.68. The van der Waals surface area contributed by atoms with Crippen LogP contribution in [0.1, 0.15) is 11.3 Å². The molecule has 0 aliphatic carbocycles. The lowest BCUT2D eigenvalue weighted by atomic mass is 10.0. The number of nitrogens with zero attached hydrogens (tertiary/aromatic N) is 1. The van der Waals surface area contributed by atoms with Crippen molar-refractivity contribution in [2.75, 3.05) is 14.2 Å². The average Bonchev–Trinajstić information content (AvgIpc) is 2.76. The molecule has 0 amide bonds. The van der Waals surface area contributed by atoms with Crippen molar-refractivity contribution in [3.63, 3.8) is 0 Å². The van der Waals surface area contributed by atoms with Gasteiger partial charge in [0.25, 0.3) is 0 Å². The highest BCUT2D eigenvalue weighted by molar-refractivity contribution is 5.93. The molecule has 1 atom stereocenters. The van der Waals surface area contributed by atoms with E-state index in [1.807, 2.05) is 12.1 Å². The molecular weight excluding hydrogens is 272 g/mol. The number of carbonyl (C=O) groups is 2. The number of methoxy groups -OCH3 is 1. The number of carbonyl (C=O) groups excluding carboxylic acids is 1. The Morgan fingerprint density at radius 1 is 1.38 bits per heavy atom. The van der Waals surface area contributed by atoms with Crippen LogP contribution in [0.25, 0.3) is 10.9 Å². The second kappa shape index (κ2) is 5.97. The summed E-state index contributed by atoms with van der Waals surface area (Å²) in [7, 11) is 3.01. The Morgan fingerprint density at radius 3 is 2.62 bits per heavy atom. The van der Waals surface area contributed by atoms with Gasteiger partial charge in [0.05, 0.1) is 12.6 Å². The van der Waals surface area contributed by atoms with Crippen molar-refractivity contribution >= 4 is 23.0 Å². The Balaban J connectivity index is 2.56. The van der Waals surface area contributed by atoms with Crippen LogP contribution in [0.3, 0.4) is 0 Å². The number of rotatable bonds is 4. The van der Waals surface area contributed by atoms with Crippen LogP contribution in [-0.2, 0) is 16.0 Å². The summed E-state index contributed by atoms with van der Waals surface area (Å²) in [5.74, 6) is -0.371. The van der Waals surface area contributed by atoms with Crippen LogP contribution in [-0.4, -0.2) is 41.9 Å². The molecule has 0 aliphatic heterocycles. The number of hydrogen-bond acceptors (Lipinski definition) is 4. The van der Waals surface area contributed by atoms with E-state index in [1.165, 1.54) is 11.7 Å². The molecule has 0 saturated heterocycles. The van der Waals surface area contributed by atoms with E-state index in [1.54, 1.807) is 26.1 Å². The molecular formula is C15H18N2O4. The van der Waals surface area contributed by atoms with Crippen LogP contribution in [0.5, 0.6) is 0 Å². The quantitative estimate of drug-likeness (QED) is 0.839. The summed E-state index contributed by atoms with van der Waals surface area (Å²) in [5, 5.41) is 13.1. The Morgan fingerprint density at radius 2 is 2.05 bits per heavy atom. The van der Waals surface area contributed by atoms with Gasteiger partial charge in [-0.15, -0.1) is 0 Å². The van der Waals surface area contributed by atoms with Gasteiger partial charge < -0.3 is 15.2 Å². The standard InChI is InChI=1S/C15H18N2O4/c1-9-11(8-12(16-2)14(18)21-3)10-6-4-5-7-13(10)17(9)15(19)20/h4-7,12,16H,8H2,1-3H3,(H,19,20). The number of nitrogens with one attached hydrogen (secondary N) is 1. The van der Waals surface area contributed by atoms with Gasteiger partial charge in [0.2, 0.25) is 0 Å². The summed E-state index contributed by atoms with van der Waals surface area (Å²) < 4.78 is 6.00. The lowest BCUT2D eigenvalue weighted by Gasteiger charge is -2.13. The molecule has 2 rings (SSSR count). The van der Waals surface area contributed by atoms with Crippen molar-refractivity contribution in [1.82, 2.24) is 9.88 Å². The van der Waals surface area contributed by atoms with Crippen molar-refractivity contribution in [2.24, 2.45) is 0 Å². The van der Waals surface area contributed by atoms with Crippen molar-refractivity contribution < 1.29 is 19.4 Å². The molecule has 1 heterocycles. The average molecular weight is 290 g/mol. The molecule has 6 nitrogen and oxygen atoms in total. The topological polar surface area (TPSA) is 80.6 Å². The molecule has 0 radical (unpaired) electrons. The van der Waals surface area contributed by atoms with E-state index in [0.717, 1.165) is 10.9 Å². The summed E-state index contributed by atoms with van der Waals surface area (Å²) in [6.45, 7) is 1.74. The molecule has 1 aromatic heterocycles. The van der Waals surface area contributed by atoms with Crippen molar-refractivity contribution in [1.29, 1.82) is 0 Å². The predicted molar refractivity (Wildman–Crippen MR) is 78.7 cm³/mol. The fraction of sp³-hybridized carbons (Fsp3) is 0.333. The third-order valence-corrected chi connectivity index (χ3v) is 3.68. The maximum Gasteiger partial charge on any atom is 0.416 e. The summed E-state index contributed by atoms with van der Waals surface area (Å²) in [5.41, 5.74) is 2.07. The maximum atomic E-state index is 11.7. The highest BCUT2D eigenvalue weighted by Gasteiger charge is 2.23. The van der Waals surface area contributed by atoms with Gasteiger partial charge >= 0.3 is 12.1 Å². The number of esters is 1. The molecule has 0 bridgehead atoms. The molecule has 2 aromatic rings. The lowest BCUT2D eigenvalue weighted by molar-refractivity contribution is -0.142. The Bertz CT molecular complexity index is 690. The fourth-order valence-electron chi connectivity index (χ4n) is 2.59. The van der Waals surface area contributed by atoms with Gasteiger partial charge in [0, 0.05) is 17.5 Å². The SMILES string of the molecule is CNC(Cc1c(C)n(C(=O)O)c2ccccc12)C(=O)OC. The number of ether oxygens (including phenoxy) is 1. The number of aromatic nitrogens is 1. The maximum absolute atomic E-state index is 11.7. The van der Waals surface area contributed by atoms with E-state index in [0.29, 0.717) is 17.6 Å². The highest BCUT2D eigenvalue weighted by Crippen LogP contribution is 2.27. The van der Waals surface area contributed by atoms with E-state index >= 15 is 0 Å². The minimum absolute atomic E-state index is 0.371. The monoisotopic (exact) mass is 290 g/mol. The van der Waals surface area contributed by atoms with E-state index in [-0.39, 0.29) is 5.97 Å². The first-order chi connectivity index (χ1) is 10.0. The van der Waals surface area contributed by atoms with Crippen molar-refractivity contribution in [3.8, 4) is 0 Å². The lowest BCUT2D eigenvalue weighted by Crippen LogP contribution is -2.37. The summed E-state index contributed by atoms with van der Waals surface area (Å²) in [6, 6.07) is 6.75. The normalized spacial score (nSPS) is 12.3. The first-order valence-corrected chi connectivity index (χ1v) is 6.58. The van der Waals surface area contributed by atoms with Crippen LogP contribution in [0, 0.1) is 6.92 Å². The highest BCUT2D eigenvalue weighted by atomic mass is 16.5. The molecule has 2 N–H and O–H groups in total. The van der Waals surface area contributed by atoms with Gasteiger partial charge in [-0.2, -0.15) is 0 Å². The zero-order chi connectivity index (χ0) is 15.6. The smallest absolute Gasteiger partial charge is 0.416 e. The first-order valence-electron chi connectivity index (χ1n) is 6.58. The van der Waals surface area contributed by atoms with Crippen LogP contribution in [0.2, 0.25) is 0 Å². The van der Waals surface area contributed by atoms with Gasteiger partial charge in [0.1, 0.15) is 6.04 Å². The van der Waals surface area contributed by atoms with Gasteiger partial charge in [-0.1, -0.05) is 18.2 Å². The minimum atomic E-state index is -1.03. The molecule has 0 aliphatic rings. The number of carboxylic acid groups (broad SMARTS) is 1. The zero-order valence-electron chi connectivity index (χ0n) is 12.2. The second-order valence-electron chi connectivity index (χ2n) is 4.77. The molecule has 0 fully saturated rings. The minimum Gasteiger partial charge on any atom is -0.468 e. The third kappa shape index (κ3) is 2.62. The first kappa shape index (κ1) is 15.1. The van der Waals surface area contributed by atoms with Crippen LogP contribution in [0.4, 0.5) is 4.79 Å². The number of likely N-dealkylation sites (N-methyl/N-ethyl adjacent to an activating group) is 1. The molecule has 112 valence electrons. The number of fused-ring (bicyclic) bond motifs is 1. The molecule has 0 spiro atoms. The van der Waals surface area contributed by atoms with Gasteiger partial charge in [-0.05, 0) is 25.6 Å². The Labute approximate surface area is 122 Å². The Hall–Kier alpha value is -2.34. The number of para-hydroxylation sites is 1. The van der Waals surface area contributed by atoms with Gasteiger partial charge in [0.15, 0.2) is 0 Å². The Kier molecular flexibility index (Phi) is 4.28. The van der Waals surface area contributed by atoms with Gasteiger partial charge in [-0.25, -0.2) is 9.36 Å². The molecule has 1 aromatic carbocycles. The van der Waals surface area contributed by atoms with E-state index < -0.39 is 12.1 Å². The molecule has 21 heavy (non-hydrogen) atoms. The number of benzene rings is 1. The van der Waals surface area contributed by atoms with Crippen LogP contribution >= 0.6 is 0 Å². The zero-order valence-corrected chi connectivity index (χ0v) is 12.2. The van der Waals surface area contributed by atoms with E-state index in [2.05, 4.69) is 5.32 Å². The van der Waals surface area contributed by atoms with Crippen LogP contribution < -0.4 is 5.32 Å². The summed E-state index contributed by atoms with van der Waals surface area (Å²) in [4.78, 5) is 23.2. The molecule has 1 unspecified atom stereocenters. The summed E-state index contributed by atoms with van der Waals surface area (Å²) in [6.07, 6.45) is -0.662. The van der Waals surface area contributed by atoms with Crippen molar-refractivity contribution in [3.05, 3.63) is 35.5 Å². The summed E-state index contributed by atoms with van der Waals surface area (Å²) >= 11 is 0.